The van der Waals surface area contributed by atoms with Gasteiger partial charge in [-0.25, -0.2) is 17.2 Å². The molecule has 0 atom stereocenters. The van der Waals surface area contributed by atoms with E-state index in [2.05, 4.69) is 27.7 Å². The third-order valence-electron chi connectivity index (χ3n) is 4.06. The first-order valence-corrected chi connectivity index (χ1v) is 8.56. The Hall–Kier alpha value is -0.690. The molecular weight excluding hydrogens is 390 g/mol. The largest absolute Gasteiger partial charge is 0.743 e. The quantitative estimate of drug-likeness (QED) is 0.349. The van der Waals surface area contributed by atoms with Crippen LogP contribution in [0.4, 0.5) is 35.1 Å². The van der Waals surface area contributed by atoms with Crippen LogP contribution in [0.25, 0.3) is 0 Å². The summed E-state index contributed by atoms with van der Waals surface area (Å²) in [6.07, 6.45) is -5.27. The van der Waals surface area contributed by atoms with Gasteiger partial charge in [-0.15, -0.1) is 0 Å². The summed E-state index contributed by atoms with van der Waals surface area (Å²) in [5.41, 5.74) is 0. The fraction of sp³-hybridized carbons (Fsp3) is 1.00. The summed E-state index contributed by atoms with van der Waals surface area (Å²) in [5, 5.41) is -6.85. The van der Waals surface area contributed by atoms with Crippen molar-refractivity contribution < 1.29 is 52.6 Å². The smallest absolute Gasteiger partial charge is 0.402 e. The predicted molar refractivity (Wildman–Crippen MR) is 73.0 cm³/mol. The summed E-state index contributed by atoms with van der Waals surface area (Å²) in [7, 11) is -7.22. The van der Waals surface area contributed by atoms with Gasteiger partial charge in [0.25, 0.3) is 0 Å². The molecule has 0 aromatic heterocycles. The Bertz CT molecular complexity index is 489. The average Bonchev–Trinajstić information content (AvgIpc) is 2.49. The first-order chi connectivity index (χ1) is 10.9. The maximum absolute atomic E-state index is 12.2. The minimum absolute atomic E-state index is 1.28. The highest BCUT2D eigenvalue weighted by molar-refractivity contribution is 7.86. The summed E-state index contributed by atoms with van der Waals surface area (Å²) in [6, 6.07) is 0. The molecule has 0 radical (unpaired) electrons. The van der Waals surface area contributed by atoms with Crippen molar-refractivity contribution in [3.8, 4) is 0 Å². The number of alkyl halides is 8. The Kier molecular flexibility index (Phi) is 9.34. The van der Waals surface area contributed by atoms with E-state index in [-0.39, 0.29) is 0 Å². The molecule has 0 unspecified atom stereocenters. The molecule has 4 nitrogen and oxygen atoms in total. The van der Waals surface area contributed by atoms with Crippen LogP contribution in [0, 0.1) is 0 Å². The van der Waals surface area contributed by atoms with Gasteiger partial charge >= 0.3 is 23.5 Å². The Labute approximate surface area is 141 Å². The minimum Gasteiger partial charge on any atom is -0.743 e. The van der Waals surface area contributed by atoms with Crippen molar-refractivity contribution in [1.29, 1.82) is 0 Å². The molecule has 0 bridgehead atoms. The summed E-state index contributed by atoms with van der Waals surface area (Å²) >= 11 is 0. The second-order valence-electron chi connectivity index (χ2n) is 5.08. The Morgan fingerprint density at radius 3 is 1.24 bits per heavy atom. The monoisotopic (exact) mass is 411 g/mol. The van der Waals surface area contributed by atoms with Gasteiger partial charge in [0, 0.05) is 0 Å². The van der Waals surface area contributed by atoms with E-state index in [1.54, 1.807) is 0 Å². The fourth-order valence-corrected chi connectivity index (χ4v) is 2.28. The van der Waals surface area contributed by atoms with Crippen LogP contribution < -0.4 is 0 Å². The number of hydrogen-bond donors (Lipinski definition) is 0. The van der Waals surface area contributed by atoms with Gasteiger partial charge in [0.05, 0.1) is 26.2 Å². The minimum atomic E-state index is -7.22. The van der Waals surface area contributed by atoms with Crippen LogP contribution in [0.3, 0.4) is 0 Å². The lowest BCUT2D eigenvalue weighted by molar-refractivity contribution is -0.921. The zero-order valence-electron chi connectivity index (χ0n) is 14.0. The number of quaternary nitrogens is 1. The van der Waals surface area contributed by atoms with E-state index in [1.165, 1.54) is 30.7 Å². The van der Waals surface area contributed by atoms with Crippen LogP contribution in [-0.2, 0) is 10.1 Å². The third-order valence-corrected chi connectivity index (χ3v) is 4.94. The lowest BCUT2D eigenvalue weighted by atomic mass is 10.2. The van der Waals surface area contributed by atoms with Crippen LogP contribution in [0.1, 0.15) is 27.7 Å². The third kappa shape index (κ3) is 5.39. The highest BCUT2D eigenvalue weighted by Crippen LogP contribution is 2.50. The number of rotatable bonds is 8. The summed E-state index contributed by atoms with van der Waals surface area (Å²) < 4.78 is 125. The molecule has 0 saturated carbocycles. The van der Waals surface area contributed by atoms with E-state index in [0.29, 0.717) is 0 Å². The van der Waals surface area contributed by atoms with Gasteiger partial charge in [-0.1, -0.05) is 0 Å². The molecule has 0 heterocycles. The van der Waals surface area contributed by atoms with E-state index in [9.17, 15) is 48.1 Å². The Morgan fingerprint density at radius 2 is 1.12 bits per heavy atom. The van der Waals surface area contributed by atoms with Crippen molar-refractivity contribution in [1.82, 2.24) is 0 Å². The number of halogens is 8. The lowest BCUT2D eigenvalue weighted by Crippen LogP contribution is -2.60. The second kappa shape index (κ2) is 8.80. The molecular formula is C12H21F8NO3S. The van der Waals surface area contributed by atoms with E-state index in [0.717, 1.165) is 0 Å². The van der Waals surface area contributed by atoms with Gasteiger partial charge in [0.15, 0.2) is 10.1 Å². The van der Waals surface area contributed by atoms with Crippen molar-refractivity contribution in [3.63, 3.8) is 0 Å². The highest BCUT2D eigenvalue weighted by atomic mass is 32.2. The molecule has 0 saturated heterocycles. The molecule has 13 heteroatoms. The Morgan fingerprint density at radius 1 is 0.840 bits per heavy atom. The fourth-order valence-electron chi connectivity index (χ4n) is 1.83. The van der Waals surface area contributed by atoms with Crippen molar-refractivity contribution in [3.05, 3.63) is 0 Å². The molecule has 0 fully saturated rings. The first kappa shape index (κ1) is 26.5. The van der Waals surface area contributed by atoms with Crippen molar-refractivity contribution in [2.24, 2.45) is 0 Å². The van der Waals surface area contributed by atoms with Crippen molar-refractivity contribution >= 4 is 10.1 Å². The van der Waals surface area contributed by atoms with Crippen LogP contribution >= 0.6 is 0 Å². The topological polar surface area (TPSA) is 57.2 Å². The van der Waals surface area contributed by atoms with Crippen molar-refractivity contribution in [2.75, 3.05) is 26.2 Å². The molecule has 0 aromatic rings. The van der Waals surface area contributed by atoms with Gasteiger partial charge < -0.3 is 9.04 Å². The Balaban J connectivity index is 0. The van der Waals surface area contributed by atoms with Crippen LogP contribution in [0.5, 0.6) is 0 Å². The summed E-state index contributed by atoms with van der Waals surface area (Å²) in [5.74, 6) is -13.7. The molecule has 0 aromatic carbocycles. The van der Waals surface area contributed by atoms with Gasteiger partial charge in [-0.3, -0.25) is 0 Å². The van der Waals surface area contributed by atoms with Crippen LogP contribution in [0.15, 0.2) is 0 Å². The van der Waals surface area contributed by atoms with Gasteiger partial charge in [0.2, 0.25) is 0 Å². The molecule has 0 aliphatic heterocycles. The molecule has 25 heavy (non-hydrogen) atoms. The molecule has 0 rings (SSSR count). The lowest BCUT2D eigenvalue weighted by Gasteiger charge is -2.34. The highest BCUT2D eigenvalue weighted by Gasteiger charge is 2.78. The second-order valence-corrected chi connectivity index (χ2v) is 6.50. The zero-order valence-corrected chi connectivity index (χ0v) is 14.8. The SMILES string of the molecule is CC[N+](CC)(CC)CC.O=S(=O)([O-])C(F)(F)C(F)(F)C(F)(F)C(F)F. The zero-order chi connectivity index (χ0) is 20.9. The van der Waals surface area contributed by atoms with Crippen LogP contribution in [0.2, 0.25) is 0 Å². The maximum atomic E-state index is 12.2. The number of nitrogens with zero attached hydrogens (tertiary/aromatic N) is 1. The van der Waals surface area contributed by atoms with E-state index in [1.807, 2.05) is 0 Å². The van der Waals surface area contributed by atoms with Crippen molar-refractivity contribution in [2.45, 2.75) is 51.2 Å². The maximum Gasteiger partial charge on any atom is 0.402 e. The van der Waals surface area contributed by atoms with Gasteiger partial charge in [0.1, 0.15) is 0 Å². The molecule has 0 spiro atoms. The summed E-state index contributed by atoms with van der Waals surface area (Å²) in [6.45, 7) is 14.2. The number of hydrogen-bond acceptors (Lipinski definition) is 3. The standard InChI is InChI=1S/C8H20N.C4H2F8O3S/c1-5-9(6-2,7-3)8-4;5-1(6)2(7,8)3(9,10)4(11,12)16(13,14)15/h5-8H2,1-4H3;1H,(H,13,14,15)/q+1;/p-1. The van der Waals surface area contributed by atoms with Crippen LogP contribution in [-0.4, -0.2) is 67.2 Å². The summed E-state index contributed by atoms with van der Waals surface area (Å²) in [4.78, 5) is 0. The van der Waals surface area contributed by atoms with Gasteiger partial charge in [-0.2, -0.15) is 26.3 Å². The molecule has 0 N–H and O–H groups in total. The van der Waals surface area contributed by atoms with Gasteiger partial charge in [-0.05, 0) is 27.7 Å². The molecule has 0 amide bonds. The molecule has 0 aliphatic rings. The molecule has 0 aliphatic carbocycles. The first-order valence-electron chi connectivity index (χ1n) is 7.16. The van der Waals surface area contributed by atoms with E-state index < -0.39 is 33.6 Å². The normalized spacial score (nSPS) is 14.3. The van der Waals surface area contributed by atoms with E-state index in [4.69, 9.17) is 0 Å². The molecule has 154 valence electrons. The average molecular weight is 411 g/mol. The van der Waals surface area contributed by atoms with E-state index >= 15 is 0 Å². The predicted octanol–water partition coefficient (Wildman–Crippen LogP) is 3.54.